The van der Waals surface area contributed by atoms with Crippen LogP contribution >= 0.6 is 15.9 Å². The van der Waals surface area contributed by atoms with Crippen molar-refractivity contribution in [2.45, 2.75) is 13.0 Å². The molecule has 0 aromatic rings. The number of rotatable bonds is 2. The molecule has 1 unspecified atom stereocenters. The average molecular weight is 211 g/mol. The molecule has 60 valence electrons. The largest absolute Gasteiger partial charge is 0.478 e. The third-order valence-electron chi connectivity index (χ3n) is 0.398. The molecule has 1 atom stereocenters. The predicted molar refractivity (Wildman–Crippen MR) is 43.3 cm³/mol. The summed E-state index contributed by atoms with van der Waals surface area (Å²) < 4.78 is 0. The van der Waals surface area contributed by atoms with Gasteiger partial charge in [0, 0.05) is 11.4 Å². The Morgan fingerprint density at radius 3 is 2.10 bits per heavy atom. The molecule has 0 aliphatic carbocycles. The van der Waals surface area contributed by atoms with Crippen LogP contribution in [0.1, 0.15) is 6.92 Å². The smallest absolute Gasteiger partial charge is 0.327 e. The summed E-state index contributed by atoms with van der Waals surface area (Å²) in [5.41, 5.74) is 0. The van der Waals surface area contributed by atoms with E-state index in [1.807, 2.05) is 0 Å². The number of hydrogen-bond acceptors (Lipinski definition) is 2. The first-order chi connectivity index (χ1) is 4.54. The Morgan fingerprint density at radius 1 is 1.90 bits per heavy atom. The maximum absolute atomic E-state index is 9.25. The Morgan fingerprint density at radius 2 is 2.10 bits per heavy atom. The van der Waals surface area contributed by atoms with Gasteiger partial charge in [0.25, 0.3) is 0 Å². The average Bonchev–Trinajstić information content (AvgIpc) is 1.89. The van der Waals surface area contributed by atoms with E-state index in [1.165, 1.54) is 0 Å². The number of carboxylic acid groups (broad SMARTS) is 1. The molecule has 0 saturated carbocycles. The van der Waals surface area contributed by atoms with E-state index in [4.69, 9.17) is 10.2 Å². The minimum atomic E-state index is -0.981. The quantitative estimate of drug-likeness (QED) is 0.529. The van der Waals surface area contributed by atoms with E-state index in [-0.39, 0.29) is 6.10 Å². The van der Waals surface area contributed by atoms with Crippen molar-refractivity contribution in [2.24, 2.45) is 0 Å². The molecule has 0 spiro atoms. The van der Waals surface area contributed by atoms with Crippen molar-refractivity contribution in [1.29, 1.82) is 0 Å². The van der Waals surface area contributed by atoms with Gasteiger partial charge in [-0.05, 0) is 6.92 Å². The van der Waals surface area contributed by atoms with E-state index in [1.54, 1.807) is 6.92 Å². The van der Waals surface area contributed by atoms with Crippen LogP contribution in [0.4, 0.5) is 0 Å². The van der Waals surface area contributed by atoms with Crippen molar-refractivity contribution in [3.8, 4) is 0 Å². The molecule has 0 aliphatic rings. The van der Waals surface area contributed by atoms with Crippen LogP contribution in [-0.2, 0) is 4.79 Å². The van der Waals surface area contributed by atoms with Gasteiger partial charge in [0.15, 0.2) is 0 Å². The second kappa shape index (κ2) is 8.65. The lowest BCUT2D eigenvalue weighted by molar-refractivity contribution is -0.131. The van der Waals surface area contributed by atoms with E-state index >= 15 is 0 Å². The van der Waals surface area contributed by atoms with Crippen molar-refractivity contribution in [1.82, 2.24) is 0 Å². The van der Waals surface area contributed by atoms with Gasteiger partial charge in [0.1, 0.15) is 0 Å². The number of halogens is 1. The molecule has 10 heavy (non-hydrogen) atoms. The topological polar surface area (TPSA) is 57.5 Å². The van der Waals surface area contributed by atoms with Crippen molar-refractivity contribution in [3.05, 3.63) is 12.7 Å². The number of aliphatic hydroxyl groups excluding tert-OH is 1. The van der Waals surface area contributed by atoms with Gasteiger partial charge in [0.05, 0.1) is 6.10 Å². The fraction of sp³-hybridized carbons (Fsp3) is 0.500. The summed E-state index contributed by atoms with van der Waals surface area (Å²) in [5.74, 6) is -0.981. The SMILES string of the molecule is C=CC(=O)O.CC(O)CBr. The highest BCUT2D eigenvalue weighted by molar-refractivity contribution is 9.09. The summed E-state index contributed by atoms with van der Waals surface area (Å²) in [6, 6.07) is 0. The van der Waals surface area contributed by atoms with Crippen molar-refractivity contribution in [3.63, 3.8) is 0 Å². The molecule has 0 amide bonds. The molecular weight excluding hydrogens is 200 g/mol. The second-order valence-electron chi connectivity index (χ2n) is 1.55. The molecule has 0 aromatic carbocycles. The van der Waals surface area contributed by atoms with Crippen LogP contribution in [0.3, 0.4) is 0 Å². The zero-order chi connectivity index (χ0) is 8.57. The third kappa shape index (κ3) is 25.4. The molecule has 0 aliphatic heterocycles. The fourth-order valence-corrected chi connectivity index (χ4v) is 0. The number of carbonyl (C=O) groups is 1. The molecule has 0 rings (SSSR count). The minimum Gasteiger partial charge on any atom is -0.478 e. The summed E-state index contributed by atoms with van der Waals surface area (Å²) in [6.45, 7) is 4.69. The van der Waals surface area contributed by atoms with Crippen LogP contribution in [0, 0.1) is 0 Å². The highest BCUT2D eigenvalue weighted by Crippen LogP contribution is 1.84. The zero-order valence-corrected chi connectivity index (χ0v) is 7.34. The minimum absolute atomic E-state index is 0.199. The number of carboxylic acids is 1. The van der Waals surface area contributed by atoms with Crippen LogP contribution in [0.2, 0.25) is 0 Å². The van der Waals surface area contributed by atoms with Gasteiger partial charge in [-0.2, -0.15) is 0 Å². The lowest BCUT2D eigenvalue weighted by atomic mass is 10.5. The molecule has 0 heterocycles. The maximum atomic E-state index is 9.25. The van der Waals surface area contributed by atoms with Crippen molar-refractivity contribution >= 4 is 21.9 Å². The standard InChI is InChI=1S/C3H7BrO.C3H4O2/c1-3(5)2-4;1-2-3(4)5/h3,5H,2H2,1H3;2H,1H2,(H,4,5). The zero-order valence-electron chi connectivity index (χ0n) is 5.75. The number of alkyl halides is 1. The Labute approximate surface area is 68.5 Å². The number of aliphatic carboxylic acids is 1. The highest BCUT2D eigenvalue weighted by atomic mass is 79.9. The van der Waals surface area contributed by atoms with Crippen LogP contribution in [0.25, 0.3) is 0 Å². The van der Waals surface area contributed by atoms with E-state index in [0.717, 1.165) is 6.08 Å². The molecule has 2 N–H and O–H groups in total. The van der Waals surface area contributed by atoms with Gasteiger partial charge >= 0.3 is 5.97 Å². The van der Waals surface area contributed by atoms with Gasteiger partial charge in [-0.15, -0.1) is 0 Å². The lowest BCUT2D eigenvalue weighted by Gasteiger charge is -1.89. The Kier molecular flexibility index (Phi) is 10.7. The van der Waals surface area contributed by atoms with Gasteiger partial charge in [-0.25, -0.2) is 4.79 Å². The Balaban J connectivity index is 0. The van der Waals surface area contributed by atoms with Gasteiger partial charge in [-0.1, -0.05) is 22.5 Å². The molecule has 0 aromatic heterocycles. The van der Waals surface area contributed by atoms with Crippen LogP contribution in [0.5, 0.6) is 0 Å². The molecular formula is C6H11BrO3. The summed E-state index contributed by atoms with van der Waals surface area (Å²) in [7, 11) is 0. The molecule has 3 nitrogen and oxygen atoms in total. The molecule has 4 heteroatoms. The fourth-order valence-electron chi connectivity index (χ4n) is 0. The van der Waals surface area contributed by atoms with Crippen molar-refractivity contribution < 1.29 is 15.0 Å². The summed E-state index contributed by atoms with van der Waals surface area (Å²) in [4.78, 5) is 9.25. The number of hydrogen-bond donors (Lipinski definition) is 2. The normalized spacial score (nSPS) is 10.7. The molecule has 0 saturated heterocycles. The maximum Gasteiger partial charge on any atom is 0.327 e. The van der Waals surface area contributed by atoms with Gasteiger partial charge in [0.2, 0.25) is 0 Å². The monoisotopic (exact) mass is 210 g/mol. The summed E-state index contributed by atoms with van der Waals surface area (Å²) >= 11 is 3.06. The van der Waals surface area contributed by atoms with Gasteiger partial charge in [-0.3, -0.25) is 0 Å². The Hall–Kier alpha value is -0.350. The van der Waals surface area contributed by atoms with Crippen LogP contribution in [-0.4, -0.2) is 27.6 Å². The van der Waals surface area contributed by atoms with Crippen LogP contribution < -0.4 is 0 Å². The molecule has 0 radical (unpaired) electrons. The molecule has 0 bridgehead atoms. The first-order valence-corrected chi connectivity index (χ1v) is 3.76. The summed E-state index contributed by atoms with van der Waals surface area (Å²) in [6.07, 6.45) is 0.634. The van der Waals surface area contributed by atoms with Gasteiger partial charge < -0.3 is 10.2 Å². The van der Waals surface area contributed by atoms with Crippen LogP contribution in [0.15, 0.2) is 12.7 Å². The number of aliphatic hydroxyl groups is 1. The summed E-state index contributed by atoms with van der Waals surface area (Å²) in [5, 5.41) is 16.6. The predicted octanol–water partition coefficient (Wildman–Crippen LogP) is 1.02. The second-order valence-corrected chi connectivity index (χ2v) is 2.19. The van der Waals surface area contributed by atoms with E-state index in [9.17, 15) is 4.79 Å². The van der Waals surface area contributed by atoms with E-state index in [0.29, 0.717) is 5.33 Å². The third-order valence-corrected chi connectivity index (χ3v) is 1.33. The van der Waals surface area contributed by atoms with Crippen molar-refractivity contribution in [2.75, 3.05) is 5.33 Å². The van der Waals surface area contributed by atoms with E-state index < -0.39 is 5.97 Å². The molecule has 0 fully saturated rings. The van der Waals surface area contributed by atoms with E-state index in [2.05, 4.69) is 22.5 Å². The first kappa shape index (κ1) is 12.3. The highest BCUT2D eigenvalue weighted by Gasteiger charge is 1.83. The lowest BCUT2D eigenvalue weighted by Crippen LogP contribution is -1.97. The Bertz CT molecular complexity index is 101. The first-order valence-electron chi connectivity index (χ1n) is 2.64.